The largest absolute Gasteiger partial charge is 0.478 e. The van der Waals surface area contributed by atoms with Crippen molar-refractivity contribution in [2.75, 3.05) is 17.4 Å². The number of anilines is 2. The molecule has 0 bridgehead atoms. The first kappa shape index (κ1) is 18.7. The van der Waals surface area contributed by atoms with Gasteiger partial charge in [0.1, 0.15) is 0 Å². The second-order valence-electron chi connectivity index (χ2n) is 7.52. The summed E-state index contributed by atoms with van der Waals surface area (Å²) in [4.78, 5) is 13.2. The highest BCUT2D eigenvalue weighted by molar-refractivity contribution is 5.90. The predicted octanol–water partition coefficient (Wildman–Crippen LogP) is 4.77. The highest BCUT2D eigenvalue weighted by atomic mass is 16.4. The van der Waals surface area contributed by atoms with Crippen LogP contribution in [0.15, 0.2) is 47.6 Å². The summed E-state index contributed by atoms with van der Waals surface area (Å²) >= 11 is 0. The van der Waals surface area contributed by atoms with Crippen LogP contribution in [0.5, 0.6) is 0 Å². The number of hydrogen-bond acceptors (Lipinski definition) is 4. The van der Waals surface area contributed by atoms with E-state index in [0.29, 0.717) is 0 Å². The topological polar surface area (TPSA) is 64.9 Å². The maximum Gasteiger partial charge on any atom is 0.335 e. The smallest absolute Gasteiger partial charge is 0.335 e. The van der Waals surface area contributed by atoms with E-state index in [1.807, 2.05) is 0 Å². The van der Waals surface area contributed by atoms with Crippen LogP contribution in [0.4, 0.5) is 11.4 Å². The molecule has 0 fully saturated rings. The second kappa shape index (κ2) is 6.91. The number of nitrogens with one attached hydrogen (secondary N) is 1. The molecule has 0 saturated carbocycles. The summed E-state index contributed by atoms with van der Waals surface area (Å²) in [5, 5.41) is 13.3. The molecule has 0 aromatic heterocycles. The fourth-order valence-electron chi connectivity index (χ4n) is 3.32. The van der Waals surface area contributed by atoms with Gasteiger partial charge in [-0.05, 0) is 80.8 Å². The van der Waals surface area contributed by atoms with Crippen molar-refractivity contribution in [1.29, 1.82) is 0 Å². The molecule has 2 aromatic rings. The van der Waals surface area contributed by atoms with E-state index in [0.717, 1.165) is 16.8 Å². The van der Waals surface area contributed by atoms with E-state index in [4.69, 9.17) is 5.11 Å². The fourth-order valence-corrected chi connectivity index (χ4v) is 3.32. The van der Waals surface area contributed by atoms with Gasteiger partial charge in [-0.25, -0.2) is 4.79 Å². The number of hydrazone groups is 1. The van der Waals surface area contributed by atoms with Gasteiger partial charge in [0.2, 0.25) is 0 Å². The number of aromatic carboxylic acids is 1. The van der Waals surface area contributed by atoms with Gasteiger partial charge < -0.3 is 10.0 Å². The molecule has 27 heavy (non-hydrogen) atoms. The van der Waals surface area contributed by atoms with E-state index in [-0.39, 0.29) is 11.1 Å². The molecule has 0 aliphatic carbocycles. The lowest BCUT2D eigenvalue weighted by atomic mass is 9.87. The Bertz CT molecular complexity index is 941. The van der Waals surface area contributed by atoms with Crippen LogP contribution >= 0.6 is 0 Å². The number of benzene rings is 2. The molecule has 0 radical (unpaired) electrons. The van der Waals surface area contributed by atoms with Gasteiger partial charge in [-0.2, -0.15) is 5.10 Å². The van der Waals surface area contributed by atoms with Gasteiger partial charge in [0.25, 0.3) is 0 Å². The Balaban J connectivity index is 1.83. The van der Waals surface area contributed by atoms with E-state index >= 15 is 0 Å². The van der Waals surface area contributed by atoms with E-state index < -0.39 is 5.97 Å². The molecule has 1 heterocycles. The first-order valence-corrected chi connectivity index (χ1v) is 8.90. The molecule has 3 rings (SSSR count). The van der Waals surface area contributed by atoms with Gasteiger partial charge in [-0.1, -0.05) is 6.08 Å². The van der Waals surface area contributed by atoms with Crippen LogP contribution in [0.2, 0.25) is 0 Å². The third kappa shape index (κ3) is 3.72. The zero-order chi connectivity index (χ0) is 19.8. The summed E-state index contributed by atoms with van der Waals surface area (Å²) in [5.74, 6) is -0.939. The van der Waals surface area contributed by atoms with Crippen LogP contribution in [0.25, 0.3) is 5.57 Å². The Morgan fingerprint density at radius 2 is 1.85 bits per heavy atom. The minimum Gasteiger partial charge on any atom is -0.478 e. The fraction of sp³-hybridized carbons (Fsp3) is 0.273. The first-order chi connectivity index (χ1) is 12.7. The van der Waals surface area contributed by atoms with Crippen LogP contribution in [0.3, 0.4) is 0 Å². The standard InChI is InChI=1S/C22H25N3O2/c1-14-10-20-19(15(2)12-22(3,4)25(20)5)11-17(14)13-23-24-18-8-6-16(7-9-18)21(26)27/h6-13,24H,1-5H3,(H,26,27)/b23-13-. The van der Waals surface area contributed by atoms with Crippen molar-refractivity contribution in [2.45, 2.75) is 33.2 Å². The summed E-state index contributed by atoms with van der Waals surface area (Å²) < 4.78 is 0. The molecule has 0 amide bonds. The molecular formula is C22H25N3O2. The molecule has 5 nitrogen and oxygen atoms in total. The minimum absolute atomic E-state index is 0.0111. The van der Waals surface area contributed by atoms with E-state index in [2.05, 4.69) is 68.4 Å². The molecule has 2 aromatic carbocycles. The second-order valence-corrected chi connectivity index (χ2v) is 7.52. The Hall–Kier alpha value is -3.08. The van der Waals surface area contributed by atoms with Gasteiger partial charge >= 0.3 is 5.97 Å². The number of hydrogen-bond donors (Lipinski definition) is 2. The average molecular weight is 363 g/mol. The van der Waals surface area contributed by atoms with Gasteiger partial charge in [-0.15, -0.1) is 0 Å². The highest BCUT2D eigenvalue weighted by Crippen LogP contribution is 2.38. The minimum atomic E-state index is -0.939. The number of carboxylic acids is 1. The molecule has 0 atom stereocenters. The van der Waals surface area contributed by atoms with Crippen LogP contribution in [-0.2, 0) is 0 Å². The van der Waals surface area contributed by atoms with Crippen molar-refractivity contribution in [2.24, 2.45) is 5.10 Å². The zero-order valence-electron chi connectivity index (χ0n) is 16.4. The van der Waals surface area contributed by atoms with Gasteiger partial charge in [-0.3, -0.25) is 5.43 Å². The Labute approximate surface area is 160 Å². The average Bonchev–Trinajstić information content (AvgIpc) is 2.61. The van der Waals surface area contributed by atoms with Crippen molar-refractivity contribution in [3.63, 3.8) is 0 Å². The van der Waals surface area contributed by atoms with Crippen LogP contribution < -0.4 is 10.3 Å². The third-order valence-corrected chi connectivity index (χ3v) is 5.13. The maximum atomic E-state index is 10.9. The van der Waals surface area contributed by atoms with Gasteiger partial charge in [0.05, 0.1) is 23.0 Å². The highest BCUT2D eigenvalue weighted by Gasteiger charge is 2.28. The molecule has 0 spiro atoms. The third-order valence-electron chi connectivity index (χ3n) is 5.13. The summed E-state index contributed by atoms with van der Waals surface area (Å²) in [5.41, 5.74) is 9.84. The molecule has 2 N–H and O–H groups in total. The Kier molecular flexibility index (Phi) is 4.79. The maximum absolute atomic E-state index is 10.9. The molecule has 0 unspecified atom stereocenters. The van der Waals surface area contributed by atoms with Crippen molar-refractivity contribution in [3.05, 3.63) is 64.7 Å². The lowest BCUT2D eigenvalue weighted by Gasteiger charge is -2.41. The summed E-state index contributed by atoms with van der Waals surface area (Å²) in [6.07, 6.45) is 4.08. The first-order valence-electron chi connectivity index (χ1n) is 8.90. The Morgan fingerprint density at radius 3 is 2.48 bits per heavy atom. The molecular weight excluding hydrogens is 338 g/mol. The van der Waals surface area contributed by atoms with Crippen molar-refractivity contribution in [1.82, 2.24) is 0 Å². The zero-order valence-corrected chi connectivity index (χ0v) is 16.4. The molecule has 140 valence electrons. The lowest BCUT2D eigenvalue weighted by Crippen LogP contribution is -2.42. The SMILES string of the molecule is CC1=CC(C)(C)N(C)c2cc(C)c(/C=N\Nc3ccc(C(=O)O)cc3)cc21. The van der Waals surface area contributed by atoms with Crippen molar-refractivity contribution < 1.29 is 9.90 Å². The number of rotatable bonds is 4. The van der Waals surface area contributed by atoms with E-state index in [1.54, 1.807) is 30.5 Å². The number of fused-ring (bicyclic) bond motifs is 1. The summed E-state index contributed by atoms with van der Waals surface area (Å²) in [6.45, 7) is 8.65. The van der Waals surface area contributed by atoms with Crippen molar-refractivity contribution in [3.8, 4) is 0 Å². The van der Waals surface area contributed by atoms with E-state index in [9.17, 15) is 4.79 Å². The number of carboxylic acid groups (broad SMARTS) is 1. The van der Waals surface area contributed by atoms with Crippen LogP contribution in [-0.4, -0.2) is 29.9 Å². The monoisotopic (exact) mass is 363 g/mol. The van der Waals surface area contributed by atoms with Crippen LogP contribution in [0, 0.1) is 6.92 Å². The normalized spacial score (nSPS) is 15.4. The molecule has 1 aliphatic heterocycles. The number of carbonyl (C=O) groups is 1. The van der Waals surface area contributed by atoms with Crippen molar-refractivity contribution >= 4 is 29.1 Å². The van der Waals surface area contributed by atoms with Gasteiger partial charge in [0.15, 0.2) is 0 Å². The Morgan fingerprint density at radius 1 is 1.19 bits per heavy atom. The number of allylic oxidation sites excluding steroid dienone is 1. The molecule has 5 heteroatoms. The summed E-state index contributed by atoms with van der Waals surface area (Å²) in [7, 11) is 2.12. The number of nitrogens with zero attached hydrogens (tertiary/aromatic N) is 2. The molecule has 0 saturated heterocycles. The van der Waals surface area contributed by atoms with Gasteiger partial charge in [0, 0.05) is 18.3 Å². The predicted molar refractivity (Wildman–Crippen MR) is 112 cm³/mol. The molecule has 1 aliphatic rings. The number of aryl methyl sites for hydroxylation is 1. The quantitative estimate of drug-likeness (QED) is 0.606. The number of likely N-dealkylation sites (N-methyl/N-ethyl adjacent to an activating group) is 1. The van der Waals surface area contributed by atoms with E-state index in [1.165, 1.54) is 16.8 Å². The summed E-state index contributed by atoms with van der Waals surface area (Å²) in [6, 6.07) is 10.9. The lowest BCUT2D eigenvalue weighted by molar-refractivity contribution is 0.0697. The van der Waals surface area contributed by atoms with Crippen LogP contribution in [0.1, 0.15) is 47.8 Å².